The second-order valence-corrected chi connectivity index (χ2v) is 15.2. The van der Waals surface area contributed by atoms with E-state index in [4.69, 9.17) is 5.41 Å². The van der Waals surface area contributed by atoms with E-state index in [9.17, 15) is 8.42 Å². The van der Waals surface area contributed by atoms with E-state index < -0.39 is 9.84 Å². The summed E-state index contributed by atoms with van der Waals surface area (Å²) in [7, 11) is -2.06. The van der Waals surface area contributed by atoms with E-state index in [1.165, 1.54) is 83.9 Å². The zero-order valence-corrected chi connectivity index (χ0v) is 27.1. The summed E-state index contributed by atoms with van der Waals surface area (Å²) >= 11 is 0. The molecule has 0 saturated carbocycles. The van der Waals surface area contributed by atoms with Gasteiger partial charge in [-0.2, -0.15) is 0 Å². The molecule has 44 heavy (non-hydrogen) atoms. The second-order valence-electron chi connectivity index (χ2n) is 13.3. The Morgan fingerprint density at radius 3 is 2.27 bits per heavy atom. The largest absolute Gasteiger partial charge is 0.393 e. The average Bonchev–Trinajstić information content (AvgIpc) is 3.76. The lowest BCUT2D eigenvalue weighted by atomic mass is 9.61. The Hall–Kier alpha value is -2.94. The first-order chi connectivity index (χ1) is 21.4. The molecule has 236 valence electrons. The van der Waals surface area contributed by atoms with E-state index in [0.717, 1.165) is 31.5 Å². The van der Waals surface area contributed by atoms with Crippen LogP contribution in [0.1, 0.15) is 50.5 Å². The Labute approximate surface area is 264 Å². The van der Waals surface area contributed by atoms with Crippen LogP contribution in [-0.4, -0.2) is 83.8 Å². The van der Waals surface area contributed by atoms with Crippen molar-refractivity contribution in [2.75, 3.05) is 64.3 Å². The number of likely N-dealkylation sites (tertiary alicyclic amines) is 2. The molecule has 1 unspecified atom stereocenters. The summed E-state index contributed by atoms with van der Waals surface area (Å²) < 4.78 is 25.7. The fourth-order valence-electron chi connectivity index (χ4n) is 8.29. The maximum absolute atomic E-state index is 12.8. The fourth-order valence-corrected chi connectivity index (χ4v) is 9.49. The molecule has 0 radical (unpaired) electrons. The van der Waals surface area contributed by atoms with Crippen molar-refractivity contribution < 1.29 is 8.42 Å². The van der Waals surface area contributed by atoms with Crippen LogP contribution < -0.4 is 10.2 Å². The van der Waals surface area contributed by atoms with E-state index in [1.54, 1.807) is 30.3 Å². The molecule has 3 aliphatic heterocycles. The third kappa shape index (κ3) is 6.26. The molecule has 1 aliphatic carbocycles. The SMILES string of the molecule is CN/C=C(\C=N)S(=O)(=O)c1ccc(N2CC(CN3CCC(C(CN4CCCC4)(C4=CCCC4)c4ccccc4)CC3)C2)cc1. The van der Waals surface area contributed by atoms with Gasteiger partial charge in [0.1, 0.15) is 4.91 Å². The van der Waals surface area contributed by atoms with Crippen molar-refractivity contribution in [3.63, 3.8) is 0 Å². The van der Waals surface area contributed by atoms with Gasteiger partial charge in [0.05, 0.1) is 4.90 Å². The third-order valence-corrected chi connectivity index (χ3v) is 12.3. The number of sulfone groups is 1. The van der Waals surface area contributed by atoms with Gasteiger partial charge in [-0.25, -0.2) is 8.42 Å². The number of rotatable bonds is 12. The summed E-state index contributed by atoms with van der Waals surface area (Å²) in [5, 5.41) is 10.2. The first kappa shape index (κ1) is 31.1. The van der Waals surface area contributed by atoms with Crippen LogP contribution in [0.4, 0.5) is 5.69 Å². The highest BCUT2D eigenvalue weighted by molar-refractivity contribution is 7.96. The highest BCUT2D eigenvalue weighted by Gasteiger charge is 2.46. The monoisotopic (exact) mass is 615 g/mol. The van der Waals surface area contributed by atoms with Crippen molar-refractivity contribution in [2.45, 2.75) is 55.3 Å². The lowest BCUT2D eigenvalue weighted by Gasteiger charge is -2.49. The number of piperidine rings is 1. The minimum atomic E-state index is -3.70. The molecule has 0 amide bonds. The molecular formula is C36H49N5O2S. The van der Waals surface area contributed by atoms with Crippen molar-refractivity contribution in [1.82, 2.24) is 15.1 Å². The Bertz CT molecular complexity index is 1440. The van der Waals surface area contributed by atoms with Crippen LogP contribution in [0.25, 0.3) is 0 Å². The molecule has 0 aromatic heterocycles. The quantitative estimate of drug-likeness (QED) is 0.244. The molecule has 4 aliphatic rings. The van der Waals surface area contributed by atoms with E-state index in [-0.39, 0.29) is 15.2 Å². The summed E-state index contributed by atoms with van der Waals surface area (Å²) in [6.07, 6.45) is 13.8. The average molecular weight is 616 g/mol. The van der Waals surface area contributed by atoms with Crippen LogP contribution in [0.3, 0.4) is 0 Å². The predicted octanol–water partition coefficient (Wildman–Crippen LogP) is 5.46. The smallest absolute Gasteiger partial charge is 0.209 e. The number of anilines is 1. The first-order valence-corrected chi connectivity index (χ1v) is 18.1. The van der Waals surface area contributed by atoms with Crippen molar-refractivity contribution in [2.24, 2.45) is 11.8 Å². The zero-order chi connectivity index (χ0) is 30.6. The van der Waals surface area contributed by atoms with Crippen LogP contribution in [0, 0.1) is 17.2 Å². The van der Waals surface area contributed by atoms with Gasteiger partial charge in [-0.05, 0) is 107 Å². The van der Waals surface area contributed by atoms with Crippen LogP contribution in [0.5, 0.6) is 0 Å². The number of nitrogens with one attached hydrogen (secondary N) is 2. The molecule has 7 nitrogen and oxygen atoms in total. The summed E-state index contributed by atoms with van der Waals surface area (Å²) in [6.45, 7) is 9.17. The normalized spacial score (nSPS) is 22.4. The molecule has 6 rings (SSSR count). The van der Waals surface area contributed by atoms with Crippen LogP contribution >= 0.6 is 0 Å². The van der Waals surface area contributed by atoms with Gasteiger partial charge in [0.2, 0.25) is 9.84 Å². The van der Waals surface area contributed by atoms with Gasteiger partial charge >= 0.3 is 0 Å². The van der Waals surface area contributed by atoms with Gasteiger partial charge < -0.3 is 25.4 Å². The topological polar surface area (TPSA) is 79.7 Å². The Morgan fingerprint density at radius 2 is 1.66 bits per heavy atom. The van der Waals surface area contributed by atoms with Crippen molar-refractivity contribution in [3.8, 4) is 0 Å². The van der Waals surface area contributed by atoms with E-state index in [2.05, 4.69) is 56.4 Å². The number of allylic oxidation sites excluding steroid dienone is 2. The minimum absolute atomic E-state index is 0.0439. The lowest BCUT2D eigenvalue weighted by molar-refractivity contribution is 0.101. The minimum Gasteiger partial charge on any atom is -0.393 e. The standard InChI is InChI=1S/C36H49N5O2S/c1-38-24-35(23-37)44(42,43)34-15-13-33(14-16-34)41-26-29(27-41)25-39-21-17-32(18-22-39)36(31-11-5-6-12-31,28-40-19-7-8-20-40)30-9-3-2-4-10-30/h2-4,9-11,13-16,23-24,29,32,37-38H,5-8,12,17-22,25-28H2,1H3/b35-24+,37-23?. The lowest BCUT2D eigenvalue weighted by Crippen LogP contribution is -2.54. The number of benzene rings is 2. The Balaban J connectivity index is 1.07. The van der Waals surface area contributed by atoms with Crippen molar-refractivity contribution >= 4 is 21.7 Å². The Morgan fingerprint density at radius 1 is 0.955 bits per heavy atom. The highest BCUT2D eigenvalue weighted by atomic mass is 32.2. The fraction of sp³-hybridized carbons (Fsp3) is 0.528. The molecule has 3 heterocycles. The molecular weight excluding hydrogens is 566 g/mol. The van der Waals surface area contributed by atoms with Crippen molar-refractivity contribution in [3.05, 3.63) is 82.9 Å². The predicted molar refractivity (Wildman–Crippen MR) is 180 cm³/mol. The maximum Gasteiger partial charge on any atom is 0.209 e. The van der Waals surface area contributed by atoms with E-state index >= 15 is 0 Å². The van der Waals surface area contributed by atoms with Gasteiger partial charge in [0, 0.05) is 62.7 Å². The van der Waals surface area contributed by atoms with Crippen LogP contribution in [0.2, 0.25) is 0 Å². The molecule has 2 N–H and O–H groups in total. The third-order valence-electron chi connectivity index (χ3n) is 10.6. The molecule has 3 saturated heterocycles. The summed E-state index contributed by atoms with van der Waals surface area (Å²) in [6, 6.07) is 18.6. The molecule has 8 heteroatoms. The zero-order valence-electron chi connectivity index (χ0n) is 26.3. The van der Waals surface area contributed by atoms with Gasteiger partial charge in [-0.1, -0.05) is 42.0 Å². The molecule has 1 atom stereocenters. The van der Waals surface area contributed by atoms with Gasteiger partial charge in [0.25, 0.3) is 0 Å². The van der Waals surface area contributed by atoms with Crippen molar-refractivity contribution in [1.29, 1.82) is 5.41 Å². The van der Waals surface area contributed by atoms with Gasteiger partial charge in [0.15, 0.2) is 0 Å². The Kier molecular flexibility index (Phi) is 9.59. The van der Waals surface area contributed by atoms with Crippen LogP contribution in [0.15, 0.2) is 82.2 Å². The van der Waals surface area contributed by atoms with E-state index in [0.29, 0.717) is 11.8 Å². The highest BCUT2D eigenvalue weighted by Crippen LogP contribution is 2.49. The summed E-state index contributed by atoms with van der Waals surface area (Å²) in [4.78, 5) is 7.98. The van der Waals surface area contributed by atoms with Crippen LogP contribution in [-0.2, 0) is 15.3 Å². The number of hydrogen-bond donors (Lipinski definition) is 2. The molecule has 2 aromatic carbocycles. The number of hydrogen-bond acceptors (Lipinski definition) is 7. The van der Waals surface area contributed by atoms with Gasteiger partial charge in [-0.3, -0.25) is 0 Å². The molecule has 0 spiro atoms. The number of nitrogens with zero attached hydrogens (tertiary/aromatic N) is 3. The maximum atomic E-state index is 12.8. The summed E-state index contributed by atoms with van der Waals surface area (Å²) in [5.41, 5.74) is 4.46. The summed E-state index contributed by atoms with van der Waals surface area (Å²) in [5.74, 6) is 1.31. The molecule has 0 bridgehead atoms. The molecule has 3 fully saturated rings. The van der Waals surface area contributed by atoms with Gasteiger partial charge in [-0.15, -0.1) is 0 Å². The second kappa shape index (κ2) is 13.6. The van der Waals surface area contributed by atoms with E-state index in [1.807, 2.05) is 12.1 Å². The molecule has 2 aromatic rings. The first-order valence-electron chi connectivity index (χ1n) is 16.6.